The number of cyclic esters (lactones) is 1. The van der Waals surface area contributed by atoms with Gasteiger partial charge in [0.1, 0.15) is 11.3 Å². The second kappa shape index (κ2) is 5.60. The molecule has 1 saturated heterocycles. The van der Waals surface area contributed by atoms with E-state index in [1.165, 1.54) is 12.1 Å². The van der Waals surface area contributed by atoms with E-state index < -0.39 is 18.0 Å². The minimum Gasteiger partial charge on any atom is -0.478 e. The van der Waals surface area contributed by atoms with Gasteiger partial charge in [0.05, 0.1) is 13.2 Å². The molecule has 0 amide bonds. The van der Waals surface area contributed by atoms with Gasteiger partial charge in [-0.05, 0) is 19.1 Å². The zero-order chi connectivity index (χ0) is 13.8. The molecular formula is C13H15NO5. The summed E-state index contributed by atoms with van der Waals surface area (Å²) in [7, 11) is 0. The lowest BCUT2D eigenvalue weighted by Gasteiger charge is -2.14. The Morgan fingerprint density at radius 3 is 2.95 bits per heavy atom. The number of benzene rings is 1. The van der Waals surface area contributed by atoms with Crippen LogP contribution in [0.3, 0.4) is 0 Å². The number of rotatable bonds is 4. The summed E-state index contributed by atoms with van der Waals surface area (Å²) in [5, 5.41) is 0. The molecule has 1 aromatic rings. The van der Waals surface area contributed by atoms with Crippen molar-refractivity contribution in [3.63, 3.8) is 0 Å². The molecule has 0 radical (unpaired) electrons. The van der Waals surface area contributed by atoms with Crippen LogP contribution in [-0.4, -0.2) is 31.3 Å². The zero-order valence-electron chi connectivity index (χ0n) is 10.5. The fraction of sp³-hybridized carbons (Fsp3) is 0.385. The van der Waals surface area contributed by atoms with Gasteiger partial charge >= 0.3 is 11.9 Å². The van der Waals surface area contributed by atoms with Crippen LogP contribution in [0.1, 0.15) is 23.7 Å². The molecular weight excluding hydrogens is 250 g/mol. The highest BCUT2D eigenvalue weighted by atomic mass is 16.6. The molecule has 102 valence electrons. The average Bonchev–Trinajstić information content (AvgIpc) is 2.75. The quantitative estimate of drug-likeness (QED) is 0.648. The number of ether oxygens (including phenoxy) is 3. The van der Waals surface area contributed by atoms with Crippen LogP contribution >= 0.6 is 0 Å². The third kappa shape index (κ3) is 2.96. The van der Waals surface area contributed by atoms with Gasteiger partial charge in [-0.15, -0.1) is 0 Å². The van der Waals surface area contributed by atoms with Crippen LogP contribution in [0.4, 0.5) is 5.69 Å². The molecule has 0 aromatic heterocycles. The van der Waals surface area contributed by atoms with Gasteiger partial charge < -0.3 is 19.9 Å². The van der Waals surface area contributed by atoms with Crippen molar-refractivity contribution < 1.29 is 23.8 Å². The van der Waals surface area contributed by atoms with Crippen LogP contribution in [-0.2, 0) is 14.3 Å². The molecule has 1 heterocycles. The van der Waals surface area contributed by atoms with E-state index in [9.17, 15) is 9.59 Å². The minimum absolute atomic E-state index is 0.238. The Bertz CT molecular complexity index is 500. The molecule has 0 spiro atoms. The molecule has 1 aliphatic heterocycles. The van der Waals surface area contributed by atoms with Crippen molar-refractivity contribution in [2.75, 3.05) is 18.9 Å². The largest absolute Gasteiger partial charge is 0.478 e. The molecule has 1 aromatic carbocycles. The summed E-state index contributed by atoms with van der Waals surface area (Å²) in [6.45, 7) is 2.29. The van der Waals surface area contributed by atoms with Crippen LogP contribution in [0, 0.1) is 0 Å². The lowest BCUT2D eigenvalue weighted by molar-refractivity contribution is -0.143. The van der Waals surface area contributed by atoms with Crippen LogP contribution in [0.25, 0.3) is 0 Å². The van der Waals surface area contributed by atoms with Gasteiger partial charge in [0.15, 0.2) is 6.10 Å². The highest BCUT2D eigenvalue weighted by molar-refractivity contribution is 5.93. The highest BCUT2D eigenvalue weighted by Gasteiger charge is 2.30. The van der Waals surface area contributed by atoms with Gasteiger partial charge in [0.2, 0.25) is 0 Å². The SMILES string of the molecule is CCOC(=O)c1ccc(N)cc1OC1CCOC1=O. The Hall–Kier alpha value is -2.24. The number of esters is 2. The third-order valence-corrected chi connectivity index (χ3v) is 2.66. The van der Waals surface area contributed by atoms with Crippen LogP contribution < -0.4 is 10.5 Å². The molecule has 2 rings (SSSR count). The summed E-state index contributed by atoms with van der Waals surface area (Å²) in [6, 6.07) is 4.59. The predicted molar refractivity (Wildman–Crippen MR) is 66.8 cm³/mol. The highest BCUT2D eigenvalue weighted by Crippen LogP contribution is 2.26. The van der Waals surface area contributed by atoms with Crippen molar-refractivity contribution in [3.05, 3.63) is 23.8 Å². The second-order valence-electron chi connectivity index (χ2n) is 4.04. The summed E-state index contributed by atoms with van der Waals surface area (Å²) in [5.74, 6) is -0.705. The number of carbonyl (C=O) groups excluding carboxylic acids is 2. The van der Waals surface area contributed by atoms with Crippen molar-refractivity contribution in [1.29, 1.82) is 0 Å². The van der Waals surface area contributed by atoms with Gasteiger partial charge in [-0.25, -0.2) is 9.59 Å². The number of anilines is 1. The Labute approximate surface area is 110 Å². The maximum atomic E-state index is 11.8. The topological polar surface area (TPSA) is 87.8 Å². The van der Waals surface area contributed by atoms with Gasteiger partial charge in [-0.3, -0.25) is 0 Å². The number of nitrogens with two attached hydrogens (primary N) is 1. The van der Waals surface area contributed by atoms with E-state index >= 15 is 0 Å². The van der Waals surface area contributed by atoms with Gasteiger partial charge in [0, 0.05) is 18.2 Å². The summed E-state index contributed by atoms with van der Waals surface area (Å²) in [4.78, 5) is 23.1. The molecule has 0 saturated carbocycles. The van der Waals surface area contributed by atoms with Gasteiger partial charge in [0.25, 0.3) is 0 Å². The van der Waals surface area contributed by atoms with E-state index in [2.05, 4.69) is 0 Å². The maximum absolute atomic E-state index is 11.8. The lowest BCUT2D eigenvalue weighted by Crippen LogP contribution is -2.23. The first kappa shape index (κ1) is 13.2. The van der Waals surface area contributed by atoms with E-state index in [1.54, 1.807) is 13.0 Å². The molecule has 1 fully saturated rings. The molecule has 0 bridgehead atoms. The Morgan fingerprint density at radius 1 is 1.53 bits per heavy atom. The molecule has 2 N–H and O–H groups in total. The molecule has 0 aliphatic carbocycles. The monoisotopic (exact) mass is 265 g/mol. The second-order valence-corrected chi connectivity index (χ2v) is 4.04. The number of hydrogen-bond acceptors (Lipinski definition) is 6. The fourth-order valence-corrected chi connectivity index (χ4v) is 1.75. The number of carbonyl (C=O) groups is 2. The van der Waals surface area contributed by atoms with E-state index in [0.29, 0.717) is 18.7 Å². The molecule has 1 atom stereocenters. The minimum atomic E-state index is -0.699. The fourth-order valence-electron chi connectivity index (χ4n) is 1.75. The average molecular weight is 265 g/mol. The van der Waals surface area contributed by atoms with Crippen LogP contribution in [0.15, 0.2) is 18.2 Å². The van der Waals surface area contributed by atoms with E-state index in [1.807, 2.05) is 0 Å². The van der Waals surface area contributed by atoms with E-state index in [4.69, 9.17) is 19.9 Å². The first-order valence-corrected chi connectivity index (χ1v) is 6.01. The smallest absolute Gasteiger partial charge is 0.347 e. The van der Waals surface area contributed by atoms with Crippen molar-refractivity contribution in [1.82, 2.24) is 0 Å². The molecule has 19 heavy (non-hydrogen) atoms. The third-order valence-electron chi connectivity index (χ3n) is 2.66. The lowest BCUT2D eigenvalue weighted by atomic mass is 10.1. The summed E-state index contributed by atoms with van der Waals surface area (Å²) >= 11 is 0. The maximum Gasteiger partial charge on any atom is 0.347 e. The Balaban J connectivity index is 2.24. The van der Waals surface area contributed by atoms with Crippen LogP contribution in [0.5, 0.6) is 5.75 Å². The standard InChI is InChI=1S/C13H15NO5/c1-2-17-12(15)9-4-3-8(14)7-11(9)19-10-5-6-18-13(10)16/h3-4,7,10H,2,5-6,14H2,1H3. The molecule has 6 nitrogen and oxygen atoms in total. The summed E-state index contributed by atoms with van der Waals surface area (Å²) < 4.78 is 15.2. The Morgan fingerprint density at radius 2 is 2.32 bits per heavy atom. The normalized spacial score (nSPS) is 17.9. The molecule has 1 unspecified atom stereocenters. The Kier molecular flexibility index (Phi) is 3.89. The van der Waals surface area contributed by atoms with E-state index in [-0.39, 0.29) is 17.9 Å². The van der Waals surface area contributed by atoms with Gasteiger partial charge in [-0.2, -0.15) is 0 Å². The summed E-state index contributed by atoms with van der Waals surface area (Å²) in [6.07, 6.45) is -0.245. The first-order valence-electron chi connectivity index (χ1n) is 6.01. The predicted octanol–water partition coefficient (Wildman–Crippen LogP) is 1.14. The van der Waals surface area contributed by atoms with E-state index in [0.717, 1.165) is 0 Å². The van der Waals surface area contributed by atoms with Crippen molar-refractivity contribution in [2.24, 2.45) is 0 Å². The van der Waals surface area contributed by atoms with Crippen molar-refractivity contribution in [3.8, 4) is 5.75 Å². The zero-order valence-corrected chi connectivity index (χ0v) is 10.5. The molecule has 6 heteroatoms. The summed E-state index contributed by atoms with van der Waals surface area (Å²) in [5.41, 5.74) is 6.35. The molecule has 1 aliphatic rings. The first-order chi connectivity index (χ1) is 9.11. The number of nitrogen functional groups attached to an aromatic ring is 1. The van der Waals surface area contributed by atoms with Crippen molar-refractivity contribution in [2.45, 2.75) is 19.4 Å². The van der Waals surface area contributed by atoms with Crippen LogP contribution in [0.2, 0.25) is 0 Å². The van der Waals surface area contributed by atoms with Gasteiger partial charge in [-0.1, -0.05) is 0 Å². The van der Waals surface area contributed by atoms with Crippen molar-refractivity contribution >= 4 is 17.6 Å². The number of hydrogen-bond donors (Lipinski definition) is 1.